The van der Waals surface area contributed by atoms with Gasteiger partial charge in [0.15, 0.2) is 11.0 Å². The van der Waals surface area contributed by atoms with Gasteiger partial charge in [0.25, 0.3) is 0 Å². The molecule has 0 radical (unpaired) electrons. The van der Waals surface area contributed by atoms with Crippen molar-refractivity contribution in [3.63, 3.8) is 0 Å². The van der Waals surface area contributed by atoms with Gasteiger partial charge in [-0.1, -0.05) is 11.6 Å². The lowest BCUT2D eigenvalue weighted by Gasteiger charge is -2.17. The second-order valence-corrected chi connectivity index (χ2v) is 3.73. The van der Waals surface area contributed by atoms with Gasteiger partial charge in [-0.15, -0.1) is 11.6 Å². The zero-order valence-corrected chi connectivity index (χ0v) is 9.21. The molecule has 0 saturated heterocycles. The van der Waals surface area contributed by atoms with Gasteiger partial charge in [0.1, 0.15) is 6.10 Å². The first-order valence-electron chi connectivity index (χ1n) is 4.30. The SMILES string of the molecule is OC(CCCl)C(O)c1ccnc(Cl)c1F. The molecule has 15 heavy (non-hydrogen) atoms. The Balaban J connectivity index is 2.90. The molecule has 0 saturated carbocycles. The zero-order chi connectivity index (χ0) is 11.4. The van der Waals surface area contributed by atoms with E-state index >= 15 is 0 Å². The number of aliphatic hydroxyl groups excluding tert-OH is 2. The fourth-order valence-electron chi connectivity index (χ4n) is 1.14. The number of nitrogens with zero attached hydrogens (tertiary/aromatic N) is 1. The standard InChI is InChI=1S/C9H10Cl2FNO2/c10-3-1-6(14)8(15)5-2-4-13-9(11)7(5)12/h2,4,6,8,14-15H,1,3H2. The highest BCUT2D eigenvalue weighted by Crippen LogP contribution is 2.24. The Hall–Kier alpha value is -0.420. The minimum atomic E-state index is -1.34. The molecule has 0 aromatic carbocycles. The molecule has 0 aliphatic heterocycles. The highest BCUT2D eigenvalue weighted by molar-refractivity contribution is 6.29. The minimum Gasteiger partial charge on any atom is -0.390 e. The van der Waals surface area contributed by atoms with Crippen molar-refractivity contribution in [2.75, 3.05) is 5.88 Å². The quantitative estimate of drug-likeness (QED) is 0.637. The monoisotopic (exact) mass is 253 g/mol. The summed E-state index contributed by atoms with van der Waals surface area (Å²) < 4.78 is 13.4. The third-order valence-electron chi connectivity index (χ3n) is 1.96. The van der Waals surface area contributed by atoms with Crippen molar-refractivity contribution in [3.05, 3.63) is 28.8 Å². The second kappa shape index (κ2) is 5.61. The maximum atomic E-state index is 13.4. The van der Waals surface area contributed by atoms with Gasteiger partial charge >= 0.3 is 0 Å². The summed E-state index contributed by atoms with van der Waals surface area (Å²) in [5.41, 5.74) is -0.0763. The van der Waals surface area contributed by atoms with Crippen LogP contribution in [0.1, 0.15) is 18.1 Å². The van der Waals surface area contributed by atoms with E-state index in [-0.39, 0.29) is 23.0 Å². The maximum absolute atomic E-state index is 13.4. The molecule has 0 spiro atoms. The Labute approximate surface area is 96.5 Å². The van der Waals surface area contributed by atoms with Gasteiger partial charge in [-0.25, -0.2) is 9.37 Å². The molecule has 0 fully saturated rings. The van der Waals surface area contributed by atoms with E-state index in [2.05, 4.69) is 4.98 Å². The van der Waals surface area contributed by atoms with Crippen molar-refractivity contribution in [2.24, 2.45) is 0 Å². The van der Waals surface area contributed by atoms with Gasteiger partial charge in [-0.05, 0) is 12.5 Å². The van der Waals surface area contributed by atoms with Gasteiger partial charge in [0, 0.05) is 17.6 Å². The number of alkyl halides is 1. The van der Waals surface area contributed by atoms with Crippen molar-refractivity contribution in [1.29, 1.82) is 0 Å². The van der Waals surface area contributed by atoms with Gasteiger partial charge < -0.3 is 10.2 Å². The topological polar surface area (TPSA) is 53.4 Å². The van der Waals surface area contributed by atoms with Crippen molar-refractivity contribution in [2.45, 2.75) is 18.6 Å². The van der Waals surface area contributed by atoms with Crippen molar-refractivity contribution in [3.8, 4) is 0 Å². The highest BCUT2D eigenvalue weighted by Gasteiger charge is 2.22. The fourth-order valence-corrected chi connectivity index (χ4v) is 1.53. The molecule has 1 aromatic heterocycles. The summed E-state index contributed by atoms with van der Waals surface area (Å²) >= 11 is 10.8. The molecule has 0 aliphatic carbocycles. The zero-order valence-electron chi connectivity index (χ0n) is 7.70. The third kappa shape index (κ3) is 3.01. The van der Waals surface area contributed by atoms with Gasteiger partial charge in [-0.2, -0.15) is 0 Å². The summed E-state index contributed by atoms with van der Waals surface area (Å²) in [6.07, 6.45) is -1.03. The van der Waals surface area contributed by atoms with Crippen LogP contribution in [0.5, 0.6) is 0 Å². The van der Waals surface area contributed by atoms with Crippen LogP contribution in [0.2, 0.25) is 5.15 Å². The van der Waals surface area contributed by atoms with E-state index in [4.69, 9.17) is 23.2 Å². The van der Waals surface area contributed by atoms with Crippen LogP contribution in [-0.2, 0) is 0 Å². The van der Waals surface area contributed by atoms with Crippen LogP contribution in [-0.4, -0.2) is 27.2 Å². The summed E-state index contributed by atoms with van der Waals surface area (Å²) in [5, 5.41) is 18.7. The largest absolute Gasteiger partial charge is 0.390 e. The molecule has 1 heterocycles. The van der Waals surface area contributed by atoms with Crippen LogP contribution in [0.3, 0.4) is 0 Å². The average Bonchev–Trinajstić information content (AvgIpc) is 2.21. The summed E-state index contributed by atoms with van der Waals surface area (Å²) in [7, 11) is 0. The molecule has 2 N–H and O–H groups in total. The van der Waals surface area contributed by atoms with Crippen molar-refractivity contribution in [1.82, 2.24) is 4.98 Å². The number of halogens is 3. The van der Waals surface area contributed by atoms with Crippen LogP contribution < -0.4 is 0 Å². The van der Waals surface area contributed by atoms with E-state index in [0.29, 0.717) is 0 Å². The number of hydrogen-bond acceptors (Lipinski definition) is 3. The van der Waals surface area contributed by atoms with Crippen LogP contribution in [0.15, 0.2) is 12.3 Å². The normalized spacial score (nSPS) is 15.0. The van der Waals surface area contributed by atoms with Crippen LogP contribution in [0.4, 0.5) is 4.39 Å². The molecule has 1 aromatic rings. The lowest BCUT2D eigenvalue weighted by Crippen LogP contribution is -2.20. The van der Waals surface area contributed by atoms with E-state index in [1.54, 1.807) is 0 Å². The van der Waals surface area contributed by atoms with Crippen molar-refractivity contribution >= 4 is 23.2 Å². The van der Waals surface area contributed by atoms with Gasteiger partial charge in [0.05, 0.1) is 6.10 Å². The van der Waals surface area contributed by atoms with E-state index in [0.717, 1.165) is 0 Å². The summed E-state index contributed by atoms with van der Waals surface area (Å²) in [6, 6.07) is 1.27. The molecule has 0 bridgehead atoms. The molecule has 0 amide bonds. The summed E-state index contributed by atoms with van der Waals surface area (Å²) in [4.78, 5) is 3.50. The van der Waals surface area contributed by atoms with Crippen molar-refractivity contribution < 1.29 is 14.6 Å². The Morgan fingerprint density at radius 3 is 2.73 bits per heavy atom. The van der Waals surface area contributed by atoms with E-state index in [1.165, 1.54) is 12.3 Å². The predicted octanol–water partition coefficient (Wildman–Crippen LogP) is 1.90. The Morgan fingerprint density at radius 1 is 1.47 bits per heavy atom. The Morgan fingerprint density at radius 2 is 2.13 bits per heavy atom. The molecule has 2 atom stereocenters. The minimum absolute atomic E-state index is 0.0763. The highest BCUT2D eigenvalue weighted by atomic mass is 35.5. The van der Waals surface area contributed by atoms with E-state index in [9.17, 15) is 14.6 Å². The fraction of sp³-hybridized carbons (Fsp3) is 0.444. The van der Waals surface area contributed by atoms with Gasteiger partial charge in [0.2, 0.25) is 0 Å². The van der Waals surface area contributed by atoms with Gasteiger partial charge in [-0.3, -0.25) is 0 Å². The number of aliphatic hydroxyl groups is 2. The first-order valence-corrected chi connectivity index (χ1v) is 5.21. The molecule has 84 valence electrons. The number of rotatable bonds is 4. The lowest BCUT2D eigenvalue weighted by atomic mass is 10.0. The second-order valence-electron chi connectivity index (χ2n) is 2.99. The summed E-state index contributed by atoms with van der Waals surface area (Å²) in [5.74, 6) is -0.640. The average molecular weight is 254 g/mol. The first-order chi connectivity index (χ1) is 7.07. The van der Waals surface area contributed by atoms with E-state index in [1.807, 2.05) is 0 Å². The molecule has 1 rings (SSSR count). The number of hydrogen-bond donors (Lipinski definition) is 2. The molecule has 3 nitrogen and oxygen atoms in total. The Bertz CT molecular complexity index is 338. The third-order valence-corrected chi connectivity index (χ3v) is 2.45. The molecule has 6 heteroatoms. The lowest BCUT2D eigenvalue weighted by molar-refractivity contribution is 0.0148. The smallest absolute Gasteiger partial charge is 0.166 e. The van der Waals surface area contributed by atoms with E-state index < -0.39 is 18.0 Å². The molecule has 0 aliphatic rings. The molecular formula is C9H10Cl2FNO2. The number of aromatic nitrogens is 1. The maximum Gasteiger partial charge on any atom is 0.166 e. The molecule has 2 unspecified atom stereocenters. The van der Waals surface area contributed by atoms with Crippen LogP contribution in [0, 0.1) is 5.82 Å². The summed E-state index contributed by atoms with van der Waals surface area (Å²) in [6.45, 7) is 0. The van der Waals surface area contributed by atoms with Crippen LogP contribution in [0.25, 0.3) is 0 Å². The Kier molecular flexibility index (Phi) is 4.73. The van der Waals surface area contributed by atoms with Crippen LogP contribution >= 0.6 is 23.2 Å². The predicted molar refractivity (Wildman–Crippen MR) is 55.5 cm³/mol. The first kappa shape index (κ1) is 12.6. The number of pyridine rings is 1. The molecular weight excluding hydrogens is 244 g/mol.